The van der Waals surface area contributed by atoms with Crippen LogP contribution in [0.3, 0.4) is 0 Å². The van der Waals surface area contributed by atoms with Crippen LogP contribution in [0.1, 0.15) is 16.7 Å². The average Bonchev–Trinajstić information content (AvgIpc) is 2.94. The molecule has 1 fully saturated rings. The molecule has 3 rings (SSSR count). The Labute approximate surface area is 179 Å². The van der Waals surface area contributed by atoms with Crippen molar-refractivity contribution >= 4 is 40.6 Å². The standard InChI is InChI=1S/C23H22N2O4S/c1-4-9-29-19-7-5-17(6-8-19)13-20-22(27)25(23(28)30-20)14-21(26)24-18-11-15(2)10-16(3)12-18/h4-8,10-13H,1,9,14H2,2-3H3,(H,24,26)/b20-13+. The van der Waals surface area contributed by atoms with E-state index in [9.17, 15) is 14.4 Å². The topological polar surface area (TPSA) is 75.7 Å². The van der Waals surface area contributed by atoms with Gasteiger partial charge in [-0.2, -0.15) is 0 Å². The van der Waals surface area contributed by atoms with Gasteiger partial charge in [0.25, 0.3) is 11.1 Å². The number of aryl methyl sites for hydroxylation is 2. The van der Waals surface area contributed by atoms with E-state index in [2.05, 4.69) is 11.9 Å². The summed E-state index contributed by atoms with van der Waals surface area (Å²) in [5.74, 6) is -0.219. The van der Waals surface area contributed by atoms with Crippen molar-refractivity contribution in [2.75, 3.05) is 18.5 Å². The van der Waals surface area contributed by atoms with Gasteiger partial charge in [0.05, 0.1) is 4.91 Å². The van der Waals surface area contributed by atoms with Crippen molar-refractivity contribution in [2.45, 2.75) is 13.8 Å². The first-order valence-electron chi connectivity index (χ1n) is 9.33. The molecule has 1 N–H and O–H groups in total. The van der Waals surface area contributed by atoms with Gasteiger partial charge in [0.15, 0.2) is 0 Å². The first kappa shape index (κ1) is 21.4. The largest absolute Gasteiger partial charge is 0.490 e. The molecule has 154 valence electrons. The van der Waals surface area contributed by atoms with Gasteiger partial charge in [0.1, 0.15) is 18.9 Å². The molecule has 1 aliphatic rings. The molecule has 0 atom stereocenters. The van der Waals surface area contributed by atoms with Crippen LogP contribution in [0.25, 0.3) is 6.08 Å². The number of imide groups is 1. The zero-order chi connectivity index (χ0) is 21.7. The van der Waals surface area contributed by atoms with Gasteiger partial charge in [0, 0.05) is 5.69 Å². The maximum absolute atomic E-state index is 12.6. The summed E-state index contributed by atoms with van der Waals surface area (Å²) in [6.45, 7) is 7.54. The zero-order valence-electron chi connectivity index (χ0n) is 16.8. The highest BCUT2D eigenvalue weighted by Gasteiger charge is 2.36. The summed E-state index contributed by atoms with van der Waals surface area (Å²) in [5.41, 5.74) is 3.42. The number of nitrogens with one attached hydrogen (secondary N) is 1. The summed E-state index contributed by atoms with van der Waals surface area (Å²) < 4.78 is 5.42. The Hall–Kier alpha value is -3.32. The number of hydrogen-bond acceptors (Lipinski definition) is 5. The molecule has 7 heteroatoms. The van der Waals surface area contributed by atoms with Crippen LogP contribution in [-0.2, 0) is 9.59 Å². The molecule has 0 aliphatic carbocycles. The summed E-state index contributed by atoms with van der Waals surface area (Å²) >= 11 is 0.822. The van der Waals surface area contributed by atoms with E-state index in [1.165, 1.54) is 0 Å². The van der Waals surface area contributed by atoms with E-state index < -0.39 is 17.1 Å². The molecule has 0 aromatic heterocycles. The predicted molar refractivity (Wildman–Crippen MR) is 119 cm³/mol. The summed E-state index contributed by atoms with van der Waals surface area (Å²) in [5, 5.41) is 2.28. The smallest absolute Gasteiger partial charge is 0.294 e. The molecule has 0 spiro atoms. The molecule has 2 aromatic carbocycles. The minimum Gasteiger partial charge on any atom is -0.490 e. The van der Waals surface area contributed by atoms with Crippen LogP contribution < -0.4 is 10.1 Å². The van der Waals surface area contributed by atoms with Crippen molar-refractivity contribution in [2.24, 2.45) is 0 Å². The summed E-state index contributed by atoms with van der Waals surface area (Å²) in [4.78, 5) is 38.5. The Kier molecular flexibility index (Phi) is 6.74. The zero-order valence-corrected chi connectivity index (χ0v) is 17.6. The van der Waals surface area contributed by atoms with Crippen LogP contribution in [-0.4, -0.2) is 35.1 Å². The van der Waals surface area contributed by atoms with Crippen LogP contribution in [0.15, 0.2) is 60.0 Å². The molecule has 1 saturated heterocycles. The Balaban J connectivity index is 1.65. The molecule has 6 nitrogen and oxygen atoms in total. The lowest BCUT2D eigenvalue weighted by molar-refractivity contribution is -0.127. The van der Waals surface area contributed by atoms with Crippen LogP contribution in [0, 0.1) is 13.8 Å². The highest BCUT2D eigenvalue weighted by molar-refractivity contribution is 8.18. The van der Waals surface area contributed by atoms with Crippen molar-refractivity contribution in [1.29, 1.82) is 0 Å². The fourth-order valence-corrected chi connectivity index (χ4v) is 3.83. The van der Waals surface area contributed by atoms with E-state index in [1.54, 1.807) is 36.4 Å². The van der Waals surface area contributed by atoms with Crippen molar-refractivity contribution in [3.8, 4) is 5.75 Å². The first-order chi connectivity index (χ1) is 14.4. The number of carbonyl (C=O) groups is 3. The van der Waals surface area contributed by atoms with E-state index in [0.29, 0.717) is 18.0 Å². The van der Waals surface area contributed by atoms with Gasteiger partial charge in [-0.3, -0.25) is 19.3 Å². The van der Waals surface area contributed by atoms with Crippen molar-refractivity contribution in [1.82, 2.24) is 4.90 Å². The summed E-state index contributed by atoms with van der Waals surface area (Å²) in [6, 6.07) is 12.8. The third-order valence-electron chi connectivity index (χ3n) is 4.23. The van der Waals surface area contributed by atoms with Gasteiger partial charge in [-0.15, -0.1) is 0 Å². The maximum atomic E-state index is 12.6. The normalized spacial score (nSPS) is 14.9. The number of thioether (sulfide) groups is 1. The van der Waals surface area contributed by atoms with E-state index in [-0.39, 0.29) is 11.4 Å². The van der Waals surface area contributed by atoms with E-state index >= 15 is 0 Å². The van der Waals surface area contributed by atoms with Gasteiger partial charge in [-0.1, -0.05) is 30.9 Å². The molecular formula is C23H22N2O4S. The predicted octanol–water partition coefficient (Wildman–Crippen LogP) is 4.54. The Morgan fingerprint density at radius 1 is 1.13 bits per heavy atom. The molecule has 0 saturated carbocycles. The Bertz CT molecular complexity index is 1010. The summed E-state index contributed by atoms with van der Waals surface area (Å²) in [7, 11) is 0. The maximum Gasteiger partial charge on any atom is 0.294 e. The molecule has 0 unspecified atom stereocenters. The quantitative estimate of drug-likeness (QED) is 0.524. The molecule has 3 amide bonds. The van der Waals surface area contributed by atoms with Crippen LogP contribution in [0.5, 0.6) is 5.75 Å². The number of amides is 3. The van der Waals surface area contributed by atoms with Crippen molar-refractivity contribution in [3.63, 3.8) is 0 Å². The molecular weight excluding hydrogens is 400 g/mol. The fourth-order valence-electron chi connectivity index (χ4n) is 2.99. The number of rotatable bonds is 7. The average molecular weight is 423 g/mol. The number of anilines is 1. The monoisotopic (exact) mass is 422 g/mol. The Morgan fingerprint density at radius 3 is 2.43 bits per heavy atom. The minimum atomic E-state index is -0.479. The molecule has 2 aromatic rings. The lowest BCUT2D eigenvalue weighted by Gasteiger charge is -2.13. The van der Waals surface area contributed by atoms with Gasteiger partial charge >= 0.3 is 0 Å². The lowest BCUT2D eigenvalue weighted by Crippen LogP contribution is -2.36. The number of carbonyl (C=O) groups excluding carboxylic acids is 3. The van der Waals surface area contributed by atoms with E-state index in [4.69, 9.17) is 4.74 Å². The first-order valence-corrected chi connectivity index (χ1v) is 10.1. The van der Waals surface area contributed by atoms with Gasteiger partial charge in [0.2, 0.25) is 5.91 Å². The molecule has 0 radical (unpaired) electrons. The molecule has 1 heterocycles. The van der Waals surface area contributed by atoms with E-state index in [0.717, 1.165) is 33.4 Å². The van der Waals surface area contributed by atoms with E-state index in [1.807, 2.05) is 32.0 Å². The fraction of sp³-hybridized carbons (Fsp3) is 0.174. The third-order valence-corrected chi connectivity index (χ3v) is 5.13. The number of hydrogen-bond donors (Lipinski definition) is 1. The minimum absolute atomic E-state index is 0.277. The highest BCUT2D eigenvalue weighted by atomic mass is 32.2. The second-order valence-corrected chi connectivity index (χ2v) is 7.85. The number of ether oxygens (including phenoxy) is 1. The van der Waals surface area contributed by atoms with Gasteiger partial charge in [-0.25, -0.2) is 0 Å². The number of benzene rings is 2. The van der Waals surface area contributed by atoms with Gasteiger partial charge in [-0.05, 0) is 72.6 Å². The van der Waals surface area contributed by atoms with Crippen molar-refractivity contribution in [3.05, 3.63) is 76.7 Å². The second-order valence-electron chi connectivity index (χ2n) is 6.86. The second kappa shape index (κ2) is 9.45. The van der Waals surface area contributed by atoms with Crippen molar-refractivity contribution < 1.29 is 19.1 Å². The van der Waals surface area contributed by atoms with Crippen LogP contribution >= 0.6 is 11.8 Å². The molecule has 1 aliphatic heterocycles. The van der Waals surface area contributed by atoms with Crippen LogP contribution in [0.4, 0.5) is 10.5 Å². The number of nitrogens with zero attached hydrogens (tertiary/aromatic N) is 1. The lowest BCUT2D eigenvalue weighted by atomic mass is 10.1. The summed E-state index contributed by atoms with van der Waals surface area (Å²) in [6.07, 6.45) is 3.28. The SMILES string of the molecule is C=CCOc1ccc(/C=C2/SC(=O)N(CC(=O)Nc3cc(C)cc(C)c3)C2=O)cc1. The highest BCUT2D eigenvalue weighted by Crippen LogP contribution is 2.32. The third kappa shape index (κ3) is 5.39. The molecule has 30 heavy (non-hydrogen) atoms. The van der Waals surface area contributed by atoms with Crippen LogP contribution in [0.2, 0.25) is 0 Å². The molecule has 0 bridgehead atoms. The van der Waals surface area contributed by atoms with Gasteiger partial charge < -0.3 is 10.1 Å². The Morgan fingerprint density at radius 2 is 1.80 bits per heavy atom.